The first kappa shape index (κ1) is 15.5. The number of hydrogen-bond acceptors (Lipinski definition) is 4. The van der Waals surface area contributed by atoms with Crippen molar-refractivity contribution in [1.29, 1.82) is 0 Å². The number of aromatic carboxylic acids is 1. The second kappa shape index (κ2) is 6.23. The molecule has 8 heteroatoms. The standard InChI is InChI=1S/C13H7BrFNO4S/c14-7-1-3-8(4-2-7)21-12-5-9(13(17)18)11(16(19)20)6-10(12)15/h1-6H,(H,17,18). The lowest BCUT2D eigenvalue weighted by Gasteiger charge is -2.06. The molecule has 0 spiro atoms. The third-order valence-electron chi connectivity index (χ3n) is 2.52. The summed E-state index contributed by atoms with van der Waals surface area (Å²) in [5, 5.41) is 19.7. The number of nitro groups is 1. The monoisotopic (exact) mass is 371 g/mol. The van der Waals surface area contributed by atoms with E-state index < -0.39 is 28.0 Å². The summed E-state index contributed by atoms with van der Waals surface area (Å²) in [5.41, 5.74) is -1.30. The Kier molecular flexibility index (Phi) is 4.59. The maximum absolute atomic E-state index is 13.9. The Bertz CT molecular complexity index is 721. The van der Waals surface area contributed by atoms with Crippen molar-refractivity contribution in [3.05, 3.63) is 62.4 Å². The summed E-state index contributed by atoms with van der Waals surface area (Å²) in [6, 6.07) is 8.55. The van der Waals surface area contributed by atoms with Crippen LogP contribution >= 0.6 is 27.7 Å². The fourth-order valence-electron chi connectivity index (χ4n) is 1.57. The second-order valence-corrected chi connectivity index (χ2v) is 5.95. The largest absolute Gasteiger partial charge is 0.477 e. The molecule has 0 fully saturated rings. The van der Waals surface area contributed by atoms with E-state index in [0.29, 0.717) is 11.0 Å². The number of nitrogens with zero attached hydrogens (tertiary/aromatic N) is 1. The van der Waals surface area contributed by atoms with Crippen LogP contribution in [0.4, 0.5) is 10.1 Å². The zero-order valence-corrected chi connectivity index (χ0v) is 12.6. The maximum atomic E-state index is 13.9. The fourth-order valence-corrected chi connectivity index (χ4v) is 2.70. The quantitative estimate of drug-likeness (QED) is 0.638. The normalized spacial score (nSPS) is 10.4. The highest BCUT2D eigenvalue weighted by Crippen LogP contribution is 2.34. The number of benzene rings is 2. The summed E-state index contributed by atoms with van der Waals surface area (Å²) in [7, 11) is 0. The van der Waals surface area contributed by atoms with E-state index in [1.807, 2.05) is 0 Å². The third kappa shape index (κ3) is 3.59. The average Bonchev–Trinajstić information content (AvgIpc) is 2.42. The number of carboxylic acid groups (broad SMARTS) is 1. The van der Waals surface area contributed by atoms with Gasteiger partial charge in [-0.15, -0.1) is 0 Å². The van der Waals surface area contributed by atoms with Crippen molar-refractivity contribution in [3.8, 4) is 0 Å². The molecule has 2 aromatic rings. The van der Waals surface area contributed by atoms with Gasteiger partial charge in [-0.3, -0.25) is 10.1 Å². The number of carboxylic acids is 1. The van der Waals surface area contributed by atoms with Gasteiger partial charge < -0.3 is 5.11 Å². The Morgan fingerprint density at radius 2 is 1.90 bits per heavy atom. The molecule has 0 radical (unpaired) electrons. The molecular formula is C13H7BrFNO4S. The highest BCUT2D eigenvalue weighted by Gasteiger charge is 2.23. The van der Waals surface area contributed by atoms with Crippen molar-refractivity contribution >= 4 is 39.3 Å². The molecule has 2 aromatic carbocycles. The van der Waals surface area contributed by atoms with E-state index in [-0.39, 0.29) is 4.90 Å². The molecule has 1 N–H and O–H groups in total. The molecule has 108 valence electrons. The molecule has 2 rings (SSSR count). The summed E-state index contributed by atoms with van der Waals surface area (Å²) in [5.74, 6) is -2.31. The van der Waals surface area contributed by atoms with Gasteiger partial charge in [-0.2, -0.15) is 0 Å². The predicted molar refractivity (Wildman–Crippen MR) is 78.3 cm³/mol. The van der Waals surface area contributed by atoms with Gasteiger partial charge in [0, 0.05) is 14.3 Å². The van der Waals surface area contributed by atoms with Crippen molar-refractivity contribution in [1.82, 2.24) is 0 Å². The number of halogens is 2. The van der Waals surface area contributed by atoms with Crippen LogP contribution in [0.25, 0.3) is 0 Å². The van der Waals surface area contributed by atoms with Crippen molar-refractivity contribution in [2.45, 2.75) is 9.79 Å². The molecule has 0 bridgehead atoms. The average molecular weight is 372 g/mol. The van der Waals surface area contributed by atoms with Crippen LogP contribution in [0, 0.1) is 15.9 Å². The smallest absolute Gasteiger partial charge is 0.342 e. The molecular weight excluding hydrogens is 365 g/mol. The van der Waals surface area contributed by atoms with Crippen LogP contribution in [-0.2, 0) is 0 Å². The summed E-state index contributed by atoms with van der Waals surface area (Å²) in [4.78, 5) is 21.6. The molecule has 0 aliphatic rings. The zero-order chi connectivity index (χ0) is 15.6. The van der Waals surface area contributed by atoms with Gasteiger partial charge in [0.1, 0.15) is 11.4 Å². The molecule has 0 saturated heterocycles. The Morgan fingerprint density at radius 1 is 1.29 bits per heavy atom. The van der Waals surface area contributed by atoms with E-state index in [4.69, 9.17) is 5.11 Å². The summed E-state index contributed by atoms with van der Waals surface area (Å²) < 4.78 is 14.7. The van der Waals surface area contributed by atoms with Crippen molar-refractivity contribution < 1.29 is 19.2 Å². The number of rotatable bonds is 4. The van der Waals surface area contributed by atoms with Gasteiger partial charge in [-0.05, 0) is 30.3 Å². The molecule has 0 saturated carbocycles. The van der Waals surface area contributed by atoms with E-state index >= 15 is 0 Å². The zero-order valence-electron chi connectivity index (χ0n) is 10.2. The lowest BCUT2D eigenvalue weighted by molar-refractivity contribution is -0.385. The first-order valence-corrected chi connectivity index (χ1v) is 7.14. The Labute approximate surface area is 131 Å². The highest BCUT2D eigenvalue weighted by atomic mass is 79.9. The summed E-state index contributed by atoms with van der Waals surface area (Å²) >= 11 is 4.26. The molecule has 5 nitrogen and oxygen atoms in total. The minimum atomic E-state index is -1.47. The van der Waals surface area contributed by atoms with Gasteiger partial charge in [-0.25, -0.2) is 9.18 Å². The number of nitro benzene ring substituents is 1. The van der Waals surface area contributed by atoms with E-state index in [0.717, 1.165) is 22.3 Å². The molecule has 0 unspecified atom stereocenters. The fraction of sp³-hybridized carbons (Fsp3) is 0. The topological polar surface area (TPSA) is 80.4 Å². The predicted octanol–water partition coefficient (Wildman–Crippen LogP) is 4.35. The van der Waals surface area contributed by atoms with Crippen molar-refractivity contribution in [2.24, 2.45) is 0 Å². The third-order valence-corrected chi connectivity index (χ3v) is 4.09. The van der Waals surface area contributed by atoms with Crippen LogP contribution in [0.15, 0.2) is 50.7 Å². The number of hydrogen-bond donors (Lipinski definition) is 1. The van der Waals surface area contributed by atoms with Gasteiger partial charge in [0.05, 0.1) is 11.0 Å². The van der Waals surface area contributed by atoms with Gasteiger partial charge in [0.15, 0.2) is 0 Å². The minimum absolute atomic E-state index is 0.0142. The Balaban J connectivity index is 2.44. The molecule has 0 aliphatic heterocycles. The summed E-state index contributed by atoms with van der Waals surface area (Å²) in [6.07, 6.45) is 0. The molecule has 0 aliphatic carbocycles. The van der Waals surface area contributed by atoms with E-state index in [9.17, 15) is 19.3 Å². The lowest BCUT2D eigenvalue weighted by atomic mass is 10.2. The van der Waals surface area contributed by atoms with Crippen LogP contribution in [0.2, 0.25) is 0 Å². The van der Waals surface area contributed by atoms with Crippen LogP contribution < -0.4 is 0 Å². The molecule has 0 atom stereocenters. The first-order chi connectivity index (χ1) is 9.88. The van der Waals surface area contributed by atoms with E-state index in [1.54, 1.807) is 24.3 Å². The first-order valence-electron chi connectivity index (χ1n) is 5.53. The lowest BCUT2D eigenvalue weighted by Crippen LogP contribution is -2.04. The van der Waals surface area contributed by atoms with Gasteiger partial charge in [0.25, 0.3) is 5.69 Å². The van der Waals surface area contributed by atoms with Gasteiger partial charge in [-0.1, -0.05) is 27.7 Å². The Hall–Kier alpha value is -1.93. The van der Waals surface area contributed by atoms with Gasteiger partial charge in [0.2, 0.25) is 0 Å². The van der Waals surface area contributed by atoms with Crippen molar-refractivity contribution in [3.63, 3.8) is 0 Å². The SMILES string of the molecule is O=C(O)c1cc(Sc2ccc(Br)cc2)c(F)cc1[N+](=O)[O-]. The summed E-state index contributed by atoms with van der Waals surface area (Å²) in [6.45, 7) is 0. The molecule has 21 heavy (non-hydrogen) atoms. The maximum Gasteiger partial charge on any atom is 0.342 e. The molecule has 0 heterocycles. The van der Waals surface area contributed by atoms with Crippen LogP contribution in [-0.4, -0.2) is 16.0 Å². The molecule has 0 amide bonds. The van der Waals surface area contributed by atoms with E-state index in [2.05, 4.69) is 15.9 Å². The van der Waals surface area contributed by atoms with Crippen LogP contribution in [0.1, 0.15) is 10.4 Å². The van der Waals surface area contributed by atoms with E-state index in [1.165, 1.54) is 0 Å². The number of carbonyl (C=O) groups is 1. The van der Waals surface area contributed by atoms with Crippen molar-refractivity contribution in [2.75, 3.05) is 0 Å². The Morgan fingerprint density at radius 3 is 2.43 bits per heavy atom. The minimum Gasteiger partial charge on any atom is -0.477 e. The van der Waals surface area contributed by atoms with Gasteiger partial charge >= 0.3 is 5.97 Å². The second-order valence-electron chi connectivity index (χ2n) is 3.92. The molecule has 0 aromatic heterocycles. The van der Waals surface area contributed by atoms with Crippen LogP contribution in [0.5, 0.6) is 0 Å². The highest BCUT2D eigenvalue weighted by molar-refractivity contribution is 9.10. The van der Waals surface area contributed by atoms with Crippen LogP contribution in [0.3, 0.4) is 0 Å².